The summed E-state index contributed by atoms with van der Waals surface area (Å²) >= 11 is 0. The van der Waals surface area contributed by atoms with Gasteiger partial charge in [-0.1, -0.05) is 31.2 Å². The van der Waals surface area contributed by atoms with Gasteiger partial charge in [-0.2, -0.15) is 0 Å². The number of hydrogen-bond donors (Lipinski definition) is 1. The van der Waals surface area contributed by atoms with Crippen molar-refractivity contribution in [1.29, 1.82) is 0 Å². The van der Waals surface area contributed by atoms with E-state index in [2.05, 4.69) is 43.4 Å². The Hall–Kier alpha value is -1.54. The Bertz CT molecular complexity index is 501. The molecule has 1 aromatic carbocycles. The van der Waals surface area contributed by atoms with Gasteiger partial charge in [-0.3, -0.25) is 0 Å². The fourth-order valence-corrected chi connectivity index (χ4v) is 2.12. The molecule has 2 rings (SSSR count). The van der Waals surface area contributed by atoms with Crippen LogP contribution in [0.3, 0.4) is 0 Å². The van der Waals surface area contributed by atoms with Crippen LogP contribution < -0.4 is 5.32 Å². The molecule has 0 saturated heterocycles. The summed E-state index contributed by atoms with van der Waals surface area (Å²) in [5, 5.41) is 3.51. The van der Waals surface area contributed by atoms with Crippen molar-refractivity contribution in [1.82, 2.24) is 5.32 Å². The van der Waals surface area contributed by atoms with E-state index in [1.165, 1.54) is 11.1 Å². The Morgan fingerprint density at radius 1 is 1.11 bits per heavy atom. The predicted octanol–water partition coefficient (Wildman–Crippen LogP) is 4.00. The summed E-state index contributed by atoms with van der Waals surface area (Å²) in [6, 6.07) is 12.9. The van der Waals surface area contributed by atoms with E-state index in [4.69, 9.17) is 4.42 Å². The molecule has 2 heteroatoms. The molecule has 0 bridgehead atoms. The highest BCUT2D eigenvalue weighted by Crippen LogP contribution is 2.17. The van der Waals surface area contributed by atoms with E-state index < -0.39 is 0 Å². The van der Waals surface area contributed by atoms with E-state index in [-0.39, 0.29) is 6.04 Å². The minimum atomic E-state index is 0.239. The average molecular weight is 243 g/mol. The third kappa shape index (κ3) is 3.02. The highest BCUT2D eigenvalue weighted by atomic mass is 16.3. The van der Waals surface area contributed by atoms with Gasteiger partial charge >= 0.3 is 0 Å². The van der Waals surface area contributed by atoms with Crippen molar-refractivity contribution in [2.75, 3.05) is 0 Å². The van der Waals surface area contributed by atoms with Crippen molar-refractivity contribution in [2.24, 2.45) is 0 Å². The summed E-state index contributed by atoms with van der Waals surface area (Å²) in [5.41, 5.74) is 2.78. The van der Waals surface area contributed by atoms with Crippen molar-refractivity contribution in [3.05, 3.63) is 59.0 Å². The molecule has 0 saturated carbocycles. The summed E-state index contributed by atoms with van der Waals surface area (Å²) < 4.78 is 5.63. The van der Waals surface area contributed by atoms with Gasteiger partial charge in [-0.25, -0.2) is 0 Å². The summed E-state index contributed by atoms with van der Waals surface area (Å²) in [5.74, 6) is 1.97. The third-order valence-corrected chi connectivity index (χ3v) is 3.29. The molecule has 2 nitrogen and oxygen atoms in total. The zero-order valence-corrected chi connectivity index (χ0v) is 11.4. The largest absolute Gasteiger partial charge is 0.465 e. The maximum absolute atomic E-state index is 5.63. The normalized spacial score (nSPS) is 12.6. The van der Waals surface area contributed by atoms with Crippen LogP contribution in [0.1, 0.15) is 42.5 Å². The highest BCUT2D eigenvalue weighted by Gasteiger charge is 2.09. The van der Waals surface area contributed by atoms with E-state index in [0.717, 1.165) is 24.5 Å². The standard InChI is InChI=1S/C16H21NO/c1-4-14-7-5-6-8-15(14)11-17-13(3)16-10-9-12(2)18-16/h5-10,13,17H,4,11H2,1-3H3. The number of hydrogen-bond acceptors (Lipinski definition) is 2. The Morgan fingerprint density at radius 2 is 1.83 bits per heavy atom. The third-order valence-electron chi connectivity index (χ3n) is 3.29. The lowest BCUT2D eigenvalue weighted by Crippen LogP contribution is -2.18. The van der Waals surface area contributed by atoms with Crippen LogP contribution in [-0.4, -0.2) is 0 Å². The van der Waals surface area contributed by atoms with Crippen molar-refractivity contribution in [3.8, 4) is 0 Å². The van der Waals surface area contributed by atoms with Gasteiger partial charge in [0.15, 0.2) is 0 Å². The Morgan fingerprint density at radius 3 is 2.44 bits per heavy atom. The van der Waals surface area contributed by atoms with Crippen molar-refractivity contribution < 1.29 is 4.42 Å². The SMILES string of the molecule is CCc1ccccc1CNC(C)c1ccc(C)o1. The van der Waals surface area contributed by atoms with Gasteiger partial charge < -0.3 is 9.73 Å². The van der Waals surface area contributed by atoms with Crippen LogP contribution in [0.15, 0.2) is 40.8 Å². The number of rotatable bonds is 5. The number of aryl methyl sites for hydroxylation is 2. The minimum Gasteiger partial charge on any atom is -0.465 e. The molecule has 0 amide bonds. The van der Waals surface area contributed by atoms with Crippen LogP contribution in [-0.2, 0) is 13.0 Å². The molecular formula is C16H21NO. The molecule has 1 unspecified atom stereocenters. The van der Waals surface area contributed by atoms with E-state index >= 15 is 0 Å². The second kappa shape index (κ2) is 5.87. The van der Waals surface area contributed by atoms with E-state index in [0.29, 0.717) is 0 Å². The van der Waals surface area contributed by atoms with Crippen LogP contribution in [0.25, 0.3) is 0 Å². The highest BCUT2D eigenvalue weighted by molar-refractivity contribution is 5.27. The van der Waals surface area contributed by atoms with E-state index in [1.807, 2.05) is 19.1 Å². The van der Waals surface area contributed by atoms with Crippen molar-refractivity contribution in [2.45, 2.75) is 39.8 Å². The minimum absolute atomic E-state index is 0.239. The van der Waals surface area contributed by atoms with Gasteiger partial charge in [-0.15, -0.1) is 0 Å². The molecule has 2 aromatic rings. The first kappa shape index (κ1) is 12.9. The molecule has 1 heterocycles. The lowest BCUT2D eigenvalue weighted by atomic mass is 10.1. The summed E-state index contributed by atoms with van der Waals surface area (Å²) in [6.45, 7) is 7.18. The van der Waals surface area contributed by atoms with Crippen LogP contribution in [0, 0.1) is 6.92 Å². The number of benzene rings is 1. The van der Waals surface area contributed by atoms with Gasteiger partial charge in [0.2, 0.25) is 0 Å². The lowest BCUT2D eigenvalue weighted by Gasteiger charge is -2.13. The summed E-state index contributed by atoms with van der Waals surface area (Å²) in [4.78, 5) is 0. The van der Waals surface area contributed by atoms with Crippen molar-refractivity contribution in [3.63, 3.8) is 0 Å². The molecule has 0 aliphatic rings. The molecule has 0 radical (unpaired) electrons. The molecular weight excluding hydrogens is 222 g/mol. The maximum Gasteiger partial charge on any atom is 0.120 e. The first-order valence-corrected chi connectivity index (χ1v) is 6.57. The fourth-order valence-electron chi connectivity index (χ4n) is 2.12. The van der Waals surface area contributed by atoms with E-state index in [1.54, 1.807) is 0 Å². The molecule has 18 heavy (non-hydrogen) atoms. The van der Waals surface area contributed by atoms with Crippen molar-refractivity contribution >= 4 is 0 Å². The number of furan rings is 1. The quantitative estimate of drug-likeness (QED) is 0.858. The van der Waals surface area contributed by atoms with E-state index in [9.17, 15) is 0 Å². The molecule has 1 aromatic heterocycles. The summed E-state index contributed by atoms with van der Waals surface area (Å²) in [7, 11) is 0. The first-order chi connectivity index (χ1) is 8.70. The maximum atomic E-state index is 5.63. The zero-order chi connectivity index (χ0) is 13.0. The Balaban J connectivity index is 1.99. The Labute approximate surface area is 109 Å². The molecule has 0 aliphatic heterocycles. The number of nitrogens with one attached hydrogen (secondary N) is 1. The van der Waals surface area contributed by atoms with Gasteiger partial charge in [-0.05, 0) is 43.5 Å². The molecule has 96 valence electrons. The molecule has 0 aliphatic carbocycles. The summed E-state index contributed by atoms with van der Waals surface area (Å²) in [6.07, 6.45) is 1.08. The lowest BCUT2D eigenvalue weighted by molar-refractivity contribution is 0.415. The van der Waals surface area contributed by atoms with Gasteiger partial charge in [0, 0.05) is 6.54 Å². The monoisotopic (exact) mass is 243 g/mol. The molecule has 0 fully saturated rings. The Kier molecular flexibility index (Phi) is 4.21. The van der Waals surface area contributed by atoms with Crippen LogP contribution in [0.4, 0.5) is 0 Å². The topological polar surface area (TPSA) is 25.2 Å². The molecule has 1 N–H and O–H groups in total. The van der Waals surface area contributed by atoms with Crippen LogP contribution in [0.5, 0.6) is 0 Å². The van der Waals surface area contributed by atoms with Gasteiger partial charge in [0.1, 0.15) is 11.5 Å². The average Bonchev–Trinajstić information content (AvgIpc) is 2.83. The van der Waals surface area contributed by atoms with Gasteiger partial charge in [0.05, 0.1) is 6.04 Å². The smallest absolute Gasteiger partial charge is 0.120 e. The predicted molar refractivity (Wildman–Crippen MR) is 74.5 cm³/mol. The van der Waals surface area contributed by atoms with Crippen LogP contribution in [0.2, 0.25) is 0 Å². The second-order valence-corrected chi connectivity index (χ2v) is 4.67. The fraction of sp³-hybridized carbons (Fsp3) is 0.375. The molecule has 1 atom stereocenters. The second-order valence-electron chi connectivity index (χ2n) is 4.67. The van der Waals surface area contributed by atoms with Gasteiger partial charge in [0.25, 0.3) is 0 Å². The molecule has 0 spiro atoms. The zero-order valence-electron chi connectivity index (χ0n) is 11.4. The first-order valence-electron chi connectivity index (χ1n) is 6.57. The van der Waals surface area contributed by atoms with Crippen LogP contribution >= 0.6 is 0 Å².